The van der Waals surface area contributed by atoms with E-state index in [9.17, 15) is 0 Å². The van der Waals surface area contributed by atoms with Gasteiger partial charge < -0.3 is 9.47 Å². The summed E-state index contributed by atoms with van der Waals surface area (Å²) < 4.78 is 11.0. The highest BCUT2D eigenvalue weighted by Crippen LogP contribution is 2.36. The molecule has 0 bridgehead atoms. The summed E-state index contributed by atoms with van der Waals surface area (Å²) in [4.78, 5) is 0. The molecule has 1 saturated heterocycles. The van der Waals surface area contributed by atoms with Crippen LogP contribution in [0.4, 0.5) is 0 Å². The highest BCUT2D eigenvalue weighted by molar-refractivity contribution is 4.98. The summed E-state index contributed by atoms with van der Waals surface area (Å²) in [6.07, 6.45) is 4.83. The van der Waals surface area contributed by atoms with Crippen LogP contribution in [0.2, 0.25) is 0 Å². The Bertz CT molecular complexity index is 207. The predicted molar refractivity (Wildman–Crippen MR) is 42.2 cm³/mol. The van der Waals surface area contributed by atoms with Gasteiger partial charge in [-0.25, -0.2) is 0 Å². The molecule has 3 heteroatoms. The fourth-order valence-electron chi connectivity index (χ4n) is 1.99. The van der Waals surface area contributed by atoms with Gasteiger partial charge in [0, 0.05) is 6.92 Å². The minimum atomic E-state index is -0.973. The summed E-state index contributed by atoms with van der Waals surface area (Å²) in [5.74, 6) is -0.973. The topological polar surface area (TPSA) is 42.2 Å². The van der Waals surface area contributed by atoms with Gasteiger partial charge >= 0.3 is 0 Å². The Labute approximate surface area is 72.3 Å². The van der Waals surface area contributed by atoms with Crippen LogP contribution in [0, 0.1) is 11.3 Å². The first-order valence-electron chi connectivity index (χ1n) is 4.50. The van der Waals surface area contributed by atoms with Gasteiger partial charge in [0.15, 0.2) is 0 Å². The number of rotatable bonds is 0. The molecule has 0 spiro atoms. The molecule has 1 saturated carbocycles. The monoisotopic (exact) mass is 167 g/mol. The maximum atomic E-state index is 8.77. The number of nitriles is 1. The first kappa shape index (κ1) is 8.03. The van der Waals surface area contributed by atoms with Crippen molar-refractivity contribution in [3.8, 4) is 6.07 Å². The molecule has 3 nitrogen and oxygen atoms in total. The lowest BCUT2D eigenvalue weighted by atomic mass is 9.95. The minimum absolute atomic E-state index is 0.170. The number of fused-ring (bicyclic) bond motifs is 1. The Morgan fingerprint density at radius 3 is 2.17 bits per heavy atom. The first-order chi connectivity index (χ1) is 5.73. The number of hydrogen-bond donors (Lipinski definition) is 0. The van der Waals surface area contributed by atoms with E-state index in [-0.39, 0.29) is 12.2 Å². The van der Waals surface area contributed by atoms with E-state index in [1.807, 2.05) is 0 Å². The molecule has 0 N–H and O–H groups in total. The van der Waals surface area contributed by atoms with Gasteiger partial charge in [-0.05, 0) is 12.8 Å². The van der Waals surface area contributed by atoms with Crippen LogP contribution in [0.25, 0.3) is 0 Å². The van der Waals surface area contributed by atoms with Crippen LogP contribution in [0.5, 0.6) is 0 Å². The molecule has 2 fully saturated rings. The fraction of sp³-hybridized carbons (Fsp3) is 0.889. The molecule has 0 unspecified atom stereocenters. The van der Waals surface area contributed by atoms with Crippen LogP contribution in [-0.4, -0.2) is 18.0 Å². The van der Waals surface area contributed by atoms with Gasteiger partial charge in [-0.3, -0.25) is 0 Å². The third-order valence-corrected chi connectivity index (χ3v) is 2.60. The molecule has 1 aliphatic heterocycles. The quantitative estimate of drug-likeness (QED) is 0.550. The second-order valence-corrected chi connectivity index (χ2v) is 3.65. The minimum Gasteiger partial charge on any atom is -0.332 e. The first-order valence-corrected chi connectivity index (χ1v) is 4.50. The van der Waals surface area contributed by atoms with Gasteiger partial charge in [0.2, 0.25) is 0 Å². The molecule has 2 rings (SSSR count). The third-order valence-electron chi connectivity index (χ3n) is 2.60. The Morgan fingerprint density at radius 2 is 1.75 bits per heavy atom. The van der Waals surface area contributed by atoms with Crippen molar-refractivity contribution in [1.82, 2.24) is 0 Å². The summed E-state index contributed by atoms with van der Waals surface area (Å²) in [7, 11) is 0. The van der Waals surface area contributed by atoms with Crippen LogP contribution in [-0.2, 0) is 9.47 Å². The molecule has 0 aromatic heterocycles. The number of ether oxygens (including phenoxy) is 2. The summed E-state index contributed by atoms with van der Waals surface area (Å²) in [6, 6.07) is 2.05. The number of hydrogen-bond acceptors (Lipinski definition) is 3. The summed E-state index contributed by atoms with van der Waals surface area (Å²) >= 11 is 0. The van der Waals surface area contributed by atoms with Gasteiger partial charge in [-0.1, -0.05) is 12.8 Å². The van der Waals surface area contributed by atoms with E-state index < -0.39 is 5.79 Å². The van der Waals surface area contributed by atoms with Gasteiger partial charge in [-0.2, -0.15) is 5.26 Å². The molecule has 2 aliphatic rings. The zero-order valence-corrected chi connectivity index (χ0v) is 7.25. The van der Waals surface area contributed by atoms with Crippen molar-refractivity contribution in [2.75, 3.05) is 0 Å². The second kappa shape index (κ2) is 2.72. The van der Waals surface area contributed by atoms with Crippen molar-refractivity contribution in [2.24, 2.45) is 0 Å². The SMILES string of the molecule is CC1(C#N)O[C@H]2CCCC[C@@H]2O1. The van der Waals surface area contributed by atoms with Gasteiger partial charge in [0.05, 0.1) is 12.2 Å². The van der Waals surface area contributed by atoms with Gasteiger partial charge in [0.25, 0.3) is 5.79 Å². The summed E-state index contributed by atoms with van der Waals surface area (Å²) in [5.41, 5.74) is 0. The van der Waals surface area contributed by atoms with E-state index in [4.69, 9.17) is 14.7 Å². The lowest BCUT2D eigenvalue weighted by Gasteiger charge is -2.20. The van der Waals surface area contributed by atoms with E-state index in [1.54, 1.807) is 6.92 Å². The Morgan fingerprint density at radius 1 is 1.25 bits per heavy atom. The van der Waals surface area contributed by atoms with Crippen LogP contribution in [0.3, 0.4) is 0 Å². The molecule has 1 aliphatic carbocycles. The second-order valence-electron chi connectivity index (χ2n) is 3.65. The molecule has 0 amide bonds. The van der Waals surface area contributed by atoms with E-state index in [0.29, 0.717) is 0 Å². The Kier molecular flexibility index (Phi) is 1.82. The maximum Gasteiger partial charge on any atom is 0.257 e. The smallest absolute Gasteiger partial charge is 0.257 e. The van der Waals surface area contributed by atoms with Crippen molar-refractivity contribution in [3.05, 3.63) is 0 Å². The third kappa shape index (κ3) is 1.21. The maximum absolute atomic E-state index is 8.77. The standard InChI is InChI=1S/C9H13NO2/c1-9(6-10)11-7-4-2-3-5-8(7)12-9/h7-8H,2-5H2,1H3/t7-,8-/m0/s1. The molecular formula is C9H13NO2. The lowest BCUT2D eigenvalue weighted by molar-refractivity contribution is -0.114. The van der Waals surface area contributed by atoms with Crippen molar-refractivity contribution >= 4 is 0 Å². The molecule has 66 valence electrons. The summed E-state index contributed by atoms with van der Waals surface area (Å²) in [5, 5.41) is 8.77. The van der Waals surface area contributed by atoms with E-state index in [2.05, 4.69) is 6.07 Å². The van der Waals surface area contributed by atoms with E-state index in [1.165, 1.54) is 12.8 Å². The molecule has 2 atom stereocenters. The highest BCUT2D eigenvalue weighted by Gasteiger charge is 2.45. The summed E-state index contributed by atoms with van der Waals surface area (Å²) in [6.45, 7) is 1.70. The van der Waals surface area contributed by atoms with Crippen LogP contribution in [0.15, 0.2) is 0 Å². The van der Waals surface area contributed by atoms with Crippen molar-refractivity contribution < 1.29 is 9.47 Å². The van der Waals surface area contributed by atoms with Crippen molar-refractivity contribution in [3.63, 3.8) is 0 Å². The largest absolute Gasteiger partial charge is 0.332 e. The molecule has 0 aromatic carbocycles. The predicted octanol–water partition coefficient (Wildman–Crippen LogP) is 1.58. The van der Waals surface area contributed by atoms with Gasteiger partial charge in [-0.15, -0.1) is 0 Å². The molecule has 12 heavy (non-hydrogen) atoms. The molecule has 0 aromatic rings. The Balaban J connectivity index is 2.08. The Hall–Kier alpha value is -0.590. The highest BCUT2D eigenvalue weighted by atomic mass is 16.8. The van der Waals surface area contributed by atoms with Crippen LogP contribution in [0.1, 0.15) is 32.6 Å². The zero-order valence-electron chi connectivity index (χ0n) is 7.25. The normalized spacial score (nSPS) is 38.7. The van der Waals surface area contributed by atoms with Crippen LogP contribution >= 0.6 is 0 Å². The van der Waals surface area contributed by atoms with Gasteiger partial charge in [0.1, 0.15) is 6.07 Å². The molecule has 1 heterocycles. The van der Waals surface area contributed by atoms with E-state index in [0.717, 1.165) is 12.8 Å². The lowest BCUT2D eigenvalue weighted by Crippen LogP contribution is -2.25. The van der Waals surface area contributed by atoms with E-state index >= 15 is 0 Å². The molecule has 0 radical (unpaired) electrons. The zero-order chi connectivity index (χ0) is 8.60. The average Bonchev–Trinajstić information content (AvgIpc) is 2.42. The van der Waals surface area contributed by atoms with Crippen LogP contribution < -0.4 is 0 Å². The molecular weight excluding hydrogens is 154 g/mol. The number of nitrogens with zero attached hydrogens (tertiary/aromatic N) is 1. The fourth-order valence-corrected chi connectivity index (χ4v) is 1.99. The average molecular weight is 167 g/mol. The van der Waals surface area contributed by atoms with Crippen molar-refractivity contribution in [2.45, 2.75) is 50.6 Å². The van der Waals surface area contributed by atoms with Crippen molar-refractivity contribution in [1.29, 1.82) is 5.26 Å².